The third kappa shape index (κ3) is 2.45. The van der Waals surface area contributed by atoms with E-state index in [-0.39, 0.29) is 0 Å². The first-order chi connectivity index (χ1) is 9.76. The summed E-state index contributed by atoms with van der Waals surface area (Å²) in [6, 6.07) is 14.0. The highest BCUT2D eigenvalue weighted by Gasteiger charge is 2.06. The molecule has 0 saturated carbocycles. The van der Waals surface area contributed by atoms with Crippen molar-refractivity contribution in [2.75, 3.05) is 11.9 Å². The molecule has 2 N–H and O–H groups in total. The standard InChI is InChI=1S/C16H17N3O/c1-3-20-15-7-5-4-6-13(15)18-16-17-12-9-8-11(2)10-14(12)19-16/h4-10H,3H2,1-2H3,(H2,17,18,19). The van der Waals surface area contributed by atoms with Crippen molar-refractivity contribution in [1.29, 1.82) is 0 Å². The Kier molecular flexibility index (Phi) is 3.29. The molecule has 2 aromatic carbocycles. The minimum atomic E-state index is 0.637. The van der Waals surface area contributed by atoms with Crippen LogP contribution in [-0.4, -0.2) is 16.6 Å². The molecule has 0 spiro atoms. The van der Waals surface area contributed by atoms with Crippen molar-refractivity contribution in [3.63, 3.8) is 0 Å². The lowest BCUT2D eigenvalue weighted by atomic mass is 10.2. The van der Waals surface area contributed by atoms with Crippen molar-refractivity contribution in [3.05, 3.63) is 48.0 Å². The van der Waals surface area contributed by atoms with Gasteiger partial charge in [-0.25, -0.2) is 4.98 Å². The lowest BCUT2D eigenvalue weighted by Gasteiger charge is -2.09. The van der Waals surface area contributed by atoms with E-state index in [1.54, 1.807) is 0 Å². The van der Waals surface area contributed by atoms with Gasteiger partial charge in [-0.05, 0) is 43.7 Å². The van der Waals surface area contributed by atoms with Gasteiger partial charge >= 0.3 is 0 Å². The molecule has 4 nitrogen and oxygen atoms in total. The van der Waals surface area contributed by atoms with Crippen LogP contribution in [0.4, 0.5) is 11.6 Å². The molecule has 1 heterocycles. The van der Waals surface area contributed by atoms with Crippen LogP contribution in [0.2, 0.25) is 0 Å². The largest absolute Gasteiger partial charge is 0.492 e. The summed E-state index contributed by atoms with van der Waals surface area (Å²) in [6.45, 7) is 4.68. The summed E-state index contributed by atoms with van der Waals surface area (Å²) in [4.78, 5) is 7.80. The molecule has 0 unspecified atom stereocenters. The summed E-state index contributed by atoms with van der Waals surface area (Å²) in [5.41, 5.74) is 4.10. The summed E-state index contributed by atoms with van der Waals surface area (Å²) in [7, 11) is 0. The number of hydrogen-bond donors (Lipinski definition) is 2. The Labute approximate surface area is 117 Å². The highest BCUT2D eigenvalue weighted by Crippen LogP contribution is 2.27. The van der Waals surface area contributed by atoms with E-state index < -0.39 is 0 Å². The van der Waals surface area contributed by atoms with Crippen molar-refractivity contribution in [2.24, 2.45) is 0 Å². The molecule has 20 heavy (non-hydrogen) atoms. The van der Waals surface area contributed by atoms with Crippen LogP contribution in [0.1, 0.15) is 12.5 Å². The first-order valence-corrected chi connectivity index (χ1v) is 6.71. The number of rotatable bonds is 4. The number of aromatic nitrogens is 2. The summed E-state index contributed by atoms with van der Waals surface area (Å²) in [6.07, 6.45) is 0. The van der Waals surface area contributed by atoms with Crippen LogP contribution in [0.25, 0.3) is 11.0 Å². The minimum absolute atomic E-state index is 0.637. The van der Waals surface area contributed by atoms with Crippen LogP contribution in [0.15, 0.2) is 42.5 Å². The number of imidazole rings is 1. The van der Waals surface area contributed by atoms with Gasteiger partial charge in [0.2, 0.25) is 5.95 Å². The highest BCUT2D eigenvalue weighted by atomic mass is 16.5. The van der Waals surface area contributed by atoms with Gasteiger partial charge in [-0.15, -0.1) is 0 Å². The van der Waals surface area contributed by atoms with E-state index in [1.807, 2.05) is 37.3 Å². The molecule has 3 aromatic rings. The van der Waals surface area contributed by atoms with E-state index >= 15 is 0 Å². The van der Waals surface area contributed by atoms with E-state index in [0.29, 0.717) is 6.61 Å². The van der Waals surface area contributed by atoms with Crippen LogP contribution >= 0.6 is 0 Å². The molecule has 0 saturated heterocycles. The first-order valence-electron chi connectivity index (χ1n) is 6.71. The molecular formula is C16H17N3O. The molecule has 0 aliphatic rings. The van der Waals surface area contributed by atoms with Crippen LogP contribution < -0.4 is 10.1 Å². The number of hydrogen-bond acceptors (Lipinski definition) is 3. The van der Waals surface area contributed by atoms with Crippen molar-refractivity contribution in [3.8, 4) is 5.75 Å². The molecule has 0 aliphatic carbocycles. The van der Waals surface area contributed by atoms with Crippen LogP contribution in [0.3, 0.4) is 0 Å². The number of fused-ring (bicyclic) bond motifs is 1. The Hall–Kier alpha value is -2.49. The Bertz CT molecular complexity index is 733. The number of H-pyrrole nitrogens is 1. The fourth-order valence-corrected chi connectivity index (χ4v) is 2.16. The zero-order valence-corrected chi connectivity index (χ0v) is 11.6. The minimum Gasteiger partial charge on any atom is -0.492 e. The molecule has 4 heteroatoms. The van der Waals surface area contributed by atoms with E-state index in [1.165, 1.54) is 5.56 Å². The third-order valence-electron chi connectivity index (χ3n) is 3.08. The number of nitrogens with one attached hydrogen (secondary N) is 2. The summed E-state index contributed by atoms with van der Waals surface area (Å²) < 4.78 is 5.60. The molecule has 0 amide bonds. The number of aromatic amines is 1. The second-order valence-corrected chi connectivity index (χ2v) is 4.66. The topological polar surface area (TPSA) is 49.9 Å². The zero-order valence-electron chi connectivity index (χ0n) is 11.6. The summed E-state index contributed by atoms with van der Waals surface area (Å²) in [5, 5.41) is 3.27. The number of aryl methyl sites for hydroxylation is 1. The third-order valence-corrected chi connectivity index (χ3v) is 3.08. The van der Waals surface area contributed by atoms with Gasteiger partial charge in [0.15, 0.2) is 0 Å². The van der Waals surface area contributed by atoms with E-state index in [9.17, 15) is 0 Å². The summed E-state index contributed by atoms with van der Waals surface area (Å²) in [5.74, 6) is 1.55. The number of benzene rings is 2. The van der Waals surface area contributed by atoms with Gasteiger partial charge in [0.1, 0.15) is 5.75 Å². The Balaban J connectivity index is 1.93. The van der Waals surface area contributed by atoms with Crippen LogP contribution in [0.5, 0.6) is 5.75 Å². The lowest BCUT2D eigenvalue weighted by molar-refractivity contribution is 0.342. The first kappa shape index (κ1) is 12.5. The monoisotopic (exact) mass is 267 g/mol. The normalized spacial score (nSPS) is 10.7. The van der Waals surface area contributed by atoms with E-state index in [2.05, 4.69) is 34.3 Å². The SMILES string of the molecule is CCOc1ccccc1Nc1nc2ccc(C)cc2[nH]1. The highest BCUT2D eigenvalue weighted by molar-refractivity contribution is 5.79. The van der Waals surface area contributed by atoms with E-state index in [0.717, 1.165) is 28.4 Å². The molecule has 1 aromatic heterocycles. The van der Waals surface area contributed by atoms with Gasteiger partial charge in [0.05, 0.1) is 23.3 Å². The maximum absolute atomic E-state index is 5.60. The van der Waals surface area contributed by atoms with Crippen molar-refractivity contribution in [1.82, 2.24) is 9.97 Å². The quantitative estimate of drug-likeness (QED) is 0.750. The fraction of sp³-hybridized carbons (Fsp3) is 0.188. The van der Waals surface area contributed by atoms with Crippen molar-refractivity contribution < 1.29 is 4.74 Å². The van der Waals surface area contributed by atoms with Gasteiger partial charge in [-0.3, -0.25) is 0 Å². The van der Waals surface area contributed by atoms with Gasteiger partial charge < -0.3 is 15.0 Å². The molecule has 0 atom stereocenters. The van der Waals surface area contributed by atoms with Gasteiger partial charge in [0, 0.05) is 0 Å². The Morgan fingerprint density at radius 2 is 2.05 bits per heavy atom. The predicted octanol–water partition coefficient (Wildman–Crippen LogP) is 4.01. The lowest BCUT2D eigenvalue weighted by Crippen LogP contribution is -1.98. The Morgan fingerprint density at radius 1 is 1.20 bits per heavy atom. The predicted molar refractivity (Wildman–Crippen MR) is 81.7 cm³/mol. The Morgan fingerprint density at radius 3 is 2.90 bits per heavy atom. The summed E-state index contributed by atoms with van der Waals surface area (Å²) >= 11 is 0. The average Bonchev–Trinajstić information content (AvgIpc) is 2.82. The maximum Gasteiger partial charge on any atom is 0.205 e. The molecule has 102 valence electrons. The van der Waals surface area contributed by atoms with Gasteiger partial charge in [-0.1, -0.05) is 18.2 Å². The van der Waals surface area contributed by atoms with Crippen molar-refractivity contribution in [2.45, 2.75) is 13.8 Å². The number of nitrogens with zero attached hydrogens (tertiary/aromatic N) is 1. The van der Waals surface area contributed by atoms with Crippen LogP contribution in [-0.2, 0) is 0 Å². The van der Waals surface area contributed by atoms with Crippen LogP contribution in [0, 0.1) is 6.92 Å². The molecule has 0 fully saturated rings. The molecule has 0 aliphatic heterocycles. The molecule has 3 rings (SSSR count). The van der Waals surface area contributed by atoms with Crippen molar-refractivity contribution >= 4 is 22.7 Å². The van der Waals surface area contributed by atoms with E-state index in [4.69, 9.17) is 4.74 Å². The molecule has 0 bridgehead atoms. The van der Waals surface area contributed by atoms with Gasteiger partial charge in [-0.2, -0.15) is 0 Å². The zero-order chi connectivity index (χ0) is 13.9. The average molecular weight is 267 g/mol. The number of anilines is 2. The second-order valence-electron chi connectivity index (χ2n) is 4.66. The molecular weight excluding hydrogens is 250 g/mol. The smallest absolute Gasteiger partial charge is 0.205 e. The maximum atomic E-state index is 5.60. The number of ether oxygens (including phenoxy) is 1. The number of para-hydroxylation sites is 2. The molecule has 0 radical (unpaired) electrons. The van der Waals surface area contributed by atoms with Gasteiger partial charge in [0.25, 0.3) is 0 Å². The fourth-order valence-electron chi connectivity index (χ4n) is 2.16. The second kappa shape index (κ2) is 5.25.